The van der Waals surface area contributed by atoms with E-state index in [2.05, 4.69) is 19.2 Å². The smallest absolute Gasteiger partial charge is 0.123 e. The predicted molar refractivity (Wildman–Crippen MR) is 56.0 cm³/mol. The van der Waals surface area contributed by atoms with Crippen LogP contribution in [0.1, 0.15) is 31.6 Å². The summed E-state index contributed by atoms with van der Waals surface area (Å²) in [5, 5.41) is 3.06. The van der Waals surface area contributed by atoms with Crippen LogP contribution in [0.4, 0.5) is 0 Å². The minimum Gasteiger partial charge on any atom is -0.468 e. The SMILES string of the molecule is CCC(C)OCc1ccoc1CNC. The van der Waals surface area contributed by atoms with Crippen molar-refractivity contribution in [2.24, 2.45) is 0 Å². The molecule has 1 heterocycles. The minimum absolute atomic E-state index is 0.312. The van der Waals surface area contributed by atoms with Crippen LogP contribution in [0, 0.1) is 0 Å². The molecule has 0 saturated heterocycles. The van der Waals surface area contributed by atoms with Crippen molar-refractivity contribution in [3.05, 3.63) is 23.7 Å². The van der Waals surface area contributed by atoms with Gasteiger partial charge in [0.05, 0.1) is 25.5 Å². The molecule has 3 nitrogen and oxygen atoms in total. The van der Waals surface area contributed by atoms with Crippen molar-refractivity contribution in [1.82, 2.24) is 5.32 Å². The van der Waals surface area contributed by atoms with Crippen molar-refractivity contribution in [3.8, 4) is 0 Å². The maximum Gasteiger partial charge on any atom is 0.123 e. The van der Waals surface area contributed by atoms with E-state index in [1.807, 2.05) is 13.1 Å². The summed E-state index contributed by atoms with van der Waals surface area (Å²) in [5.41, 5.74) is 1.14. The molecule has 0 saturated carbocycles. The average molecular weight is 197 g/mol. The van der Waals surface area contributed by atoms with E-state index in [1.54, 1.807) is 6.26 Å². The molecule has 0 fully saturated rings. The number of rotatable bonds is 6. The Kier molecular flexibility index (Phi) is 4.70. The molecular formula is C11H19NO2. The molecule has 0 radical (unpaired) electrons. The molecule has 1 aromatic heterocycles. The molecule has 1 unspecified atom stereocenters. The summed E-state index contributed by atoms with van der Waals surface area (Å²) >= 11 is 0. The Morgan fingerprint density at radius 2 is 2.36 bits per heavy atom. The first kappa shape index (κ1) is 11.3. The molecular weight excluding hydrogens is 178 g/mol. The normalized spacial score (nSPS) is 13.1. The average Bonchev–Trinajstić information content (AvgIpc) is 2.62. The van der Waals surface area contributed by atoms with Gasteiger partial charge in [0.1, 0.15) is 5.76 Å². The van der Waals surface area contributed by atoms with Crippen molar-refractivity contribution in [3.63, 3.8) is 0 Å². The third kappa shape index (κ3) is 3.16. The van der Waals surface area contributed by atoms with Gasteiger partial charge in [-0.1, -0.05) is 6.92 Å². The lowest BCUT2D eigenvalue weighted by atomic mass is 10.2. The fourth-order valence-electron chi connectivity index (χ4n) is 1.16. The third-order valence-corrected chi connectivity index (χ3v) is 2.27. The summed E-state index contributed by atoms with van der Waals surface area (Å²) in [7, 11) is 1.90. The summed E-state index contributed by atoms with van der Waals surface area (Å²) < 4.78 is 11.0. The standard InChI is InChI=1S/C11H19NO2/c1-4-9(2)14-8-10-5-6-13-11(10)7-12-3/h5-6,9,12H,4,7-8H2,1-3H3. The molecule has 0 bridgehead atoms. The van der Waals surface area contributed by atoms with Gasteiger partial charge in [0.15, 0.2) is 0 Å². The maximum atomic E-state index is 5.63. The first-order chi connectivity index (χ1) is 6.77. The highest BCUT2D eigenvalue weighted by Gasteiger charge is 2.06. The van der Waals surface area contributed by atoms with Crippen molar-refractivity contribution in [2.75, 3.05) is 7.05 Å². The van der Waals surface area contributed by atoms with Crippen LogP contribution >= 0.6 is 0 Å². The van der Waals surface area contributed by atoms with Crippen LogP contribution in [0.5, 0.6) is 0 Å². The number of nitrogens with one attached hydrogen (secondary N) is 1. The Balaban J connectivity index is 2.45. The van der Waals surface area contributed by atoms with Crippen molar-refractivity contribution < 1.29 is 9.15 Å². The second kappa shape index (κ2) is 5.83. The number of hydrogen-bond acceptors (Lipinski definition) is 3. The van der Waals surface area contributed by atoms with E-state index in [9.17, 15) is 0 Å². The van der Waals surface area contributed by atoms with E-state index in [1.165, 1.54) is 0 Å². The van der Waals surface area contributed by atoms with Crippen LogP contribution in [-0.4, -0.2) is 13.2 Å². The van der Waals surface area contributed by atoms with Crippen LogP contribution in [0.25, 0.3) is 0 Å². The summed E-state index contributed by atoms with van der Waals surface area (Å²) in [6.07, 6.45) is 3.06. The Labute approximate surface area is 85.4 Å². The zero-order valence-electron chi connectivity index (χ0n) is 9.17. The van der Waals surface area contributed by atoms with Gasteiger partial charge in [-0.3, -0.25) is 0 Å². The zero-order valence-corrected chi connectivity index (χ0v) is 9.17. The van der Waals surface area contributed by atoms with Crippen LogP contribution in [-0.2, 0) is 17.9 Å². The largest absolute Gasteiger partial charge is 0.468 e. The highest BCUT2D eigenvalue weighted by atomic mass is 16.5. The van der Waals surface area contributed by atoms with Crippen molar-refractivity contribution in [1.29, 1.82) is 0 Å². The molecule has 1 atom stereocenters. The number of hydrogen-bond donors (Lipinski definition) is 1. The molecule has 80 valence electrons. The second-order valence-corrected chi connectivity index (χ2v) is 3.43. The minimum atomic E-state index is 0.312. The molecule has 0 aliphatic rings. The quantitative estimate of drug-likeness (QED) is 0.760. The van der Waals surface area contributed by atoms with Gasteiger partial charge in [0.25, 0.3) is 0 Å². The number of furan rings is 1. The topological polar surface area (TPSA) is 34.4 Å². The first-order valence-electron chi connectivity index (χ1n) is 5.09. The van der Waals surface area contributed by atoms with E-state index in [0.29, 0.717) is 12.7 Å². The van der Waals surface area contributed by atoms with Crippen LogP contribution in [0.2, 0.25) is 0 Å². The van der Waals surface area contributed by atoms with Gasteiger partial charge in [-0.25, -0.2) is 0 Å². The molecule has 0 spiro atoms. The Bertz CT molecular complexity index is 258. The lowest BCUT2D eigenvalue weighted by Crippen LogP contribution is -2.09. The lowest BCUT2D eigenvalue weighted by molar-refractivity contribution is 0.0500. The summed E-state index contributed by atoms with van der Waals surface area (Å²) in [4.78, 5) is 0. The molecule has 14 heavy (non-hydrogen) atoms. The first-order valence-corrected chi connectivity index (χ1v) is 5.09. The summed E-state index contributed by atoms with van der Waals surface area (Å²) in [6.45, 7) is 5.60. The van der Waals surface area contributed by atoms with E-state index in [0.717, 1.165) is 24.3 Å². The maximum absolute atomic E-state index is 5.63. The Morgan fingerprint density at radius 1 is 1.57 bits per heavy atom. The Morgan fingerprint density at radius 3 is 3.00 bits per heavy atom. The molecule has 1 aromatic rings. The molecule has 3 heteroatoms. The molecule has 1 rings (SSSR count). The van der Waals surface area contributed by atoms with Crippen molar-refractivity contribution >= 4 is 0 Å². The van der Waals surface area contributed by atoms with Crippen LogP contribution in [0.15, 0.2) is 16.7 Å². The van der Waals surface area contributed by atoms with Crippen molar-refractivity contribution in [2.45, 2.75) is 39.5 Å². The predicted octanol–water partition coefficient (Wildman–Crippen LogP) is 2.31. The van der Waals surface area contributed by atoms with Gasteiger partial charge in [-0.2, -0.15) is 0 Å². The Hall–Kier alpha value is -0.800. The molecule has 0 aromatic carbocycles. The van der Waals surface area contributed by atoms with Gasteiger partial charge in [0.2, 0.25) is 0 Å². The van der Waals surface area contributed by atoms with Gasteiger partial charge in [-0.05, 0) is 26.5 Å². The van der Waals surface area contributed by atoms with Gasteiger partial charge < -0.3 is 14.5 Å². The summed E-state index contributed by atoms with van der Waals surface area (Å²) in [6, 6.07) is 1.97. The van der Waals surface area contributed by atoms with Gasteiger partial charge in [0, 0.05) is 5.56 Å². The molecule has 0 aliphatic heterocycles. The fraction of sp³-hybridized carbons (Fsp3) is 0.636. The summed E-state index contributed by atoms with van der Waals surface area (Å²) in [5.74, 6) is 0.968. The van der Waals surface area contributed by atoms with Crippen LogP contribution in [0.3, 0.4) is 0 Å². The monoisotopic (exact) mass is 197 g/mol. The molecule has 0 amide bonds. The van der Waals surface area contributed by atoms with Gasteiger partial charge >= 0.3 is 0 Å². The van der Waals surface area contributed by atoms with E-state index < -0.39 is 0 Å². The van der Waals surface area contributed by atoms with E-state index in [-0.39, 0.29) is 0 Å². The highest BCUT2D eigenvalue weighted by molar-refractivity contribution is 5.15. The lowest BCUT2D eigenvalue weighted by Gasteiger charge is -2.10. The highest BCUT2D eigenvalue weighted by Crippen LogP contribution is 2.13. The zero-order chi connectivity index (χ0) is 10.4. The van der Waals surface area contributed by atoms with E-state index in [4.69, 9.17) is 9.15 Å². The molecule has 0 aliphatic carbocycles. The fourth-order valence-corrected chi connectivity index (χ4v) is 1.16. The van der Waals surface area contributed by atoms with Crippen LogP contribution < -0.4 is 5.32 Å². The van der Waals surface area contributed by atoms with E-state index >= 15 is 0 Å². The number of ether oxygens (including phenoxy) is 1. The second-order valence-electron chi connectivity index (χ2n) is 3.43. The molecule has 1 N–H and O–H groups in total. The van der Waals surface area contributed by atoms with Gasteiger partial charge in [-0.15, -0.1) is 0 Å². The third-order valence-electron chi connectivity index (χ3n) is 2.27.